The van der Waals surface area contributed by atoms with E-state index in [-0.39, 0.29) is 11.9 Å². The summed E-state index contributed by atoms with van der Waals surface area (Å²) in [6.07, 6.45) is 1.52. The molecule has 4 rings (SSSR count). The standard InChI is InChI=1S/C18H14BrN3O3/c1-2-25-13-6-4-12(5-7-13)21-17(23)16-10-20-14-8-3-11(19)9-15(14)22(16)18(21)24/h3-10,16H,2H2,1H3. The lowest BCUT2D eigenvalue weighted by molar-refractivity contribution is -0.116. The van der Waals surface area contributed by atoms with Crippen LogP contribution in [0.4, 0.5) is 21.9 Å². The summed E-state index contributed by atoms with van der Waals surface area (Å²) in [5.41, 5.74) is 1.79. The molecule has 1 unspecified atom stereocenters. The number of anilines is 2. The van der Waals surface area contributed by atoms with Crippen molar-refractivity contribution in [1.82, 2.24) is 0 Å². The normalized spacial score (nSPS) is 18.4. The van der Waals surface area contributed by atoms with Crippen LogP contribution in [0.3, 0.4) is 0 Å². The van der Waals surface area contributed by atoms with Crippen LogP contribution in [0.5, 0.6) is 5.75 Å². The third-order valence-corrected chi connectivity index (χ3v) is 4.60. The van der Waals surface area contributed by atoms with Gasteiger partial charge in [-0.05, 0) is 49.4 Å². The minimum atomic E-state index is -0.721. The maximum atomic E-state index is 13.0. The molecule has 2 aromatic carbocycles. The Morgan fingerprint density at radius 2 is 1.92 bits per heavy atom. The Labute approximate surface area is 152 Å². The number of urea groups is 1. The Hall–Kier alpha value is -2.67. The molecule has 0 N–H and O–H groups in total. The van der Waals surface area contributed by atoms with Crippen molar-refractivity contribution in [1.29, 1.82) is 0 Å². The zero-order valence-electron chi connectivity index (χ0n) is 13.3. The van der Waals surface area contributed by atoms with Gasteiger partial charge in [0.15, 0.2) is 6.04 Å². The SMILES string of the molecule is CCOc1ccc(N2C(=O)C3C=Nc4ccc(Br)cc4N3C2=O)cc1. The van der Waals surface area contributed by atoms with Gasteiger partial charge in [-0.2, -0.15) is 0 Å². The van der Waals surface area contributed by atoms with Gasteiger partial charge in [0.05, 0.1) is 23.7 Å². The van der Waals surface area contributed by atoms with Crippen LogP contribution in [-0.4, -0.2) is 30.8 Å². The molecular weight excluding hydrogens is 386 g/mol. The fourth-order valence-corrected chi connectivity index (χ4v) is 3.34. The molecule has 1 fully saturated rings. The van der Waals surface area contributed by atoms with E-state index in [1.165, 1.54) is 16.0 Å². The summed E-state index contributed by atoms with van der Waals surface area (Å²) in [7, 11) is 0. The molecule has 6 nitrogen and oxygen atoms in total. The van der Waals surface area contributed by atoms with Gasteiger partial charge in [-0.15, -0.1) is 0 Å². The van der Waals surface area contributed by atoms with E-state index < -0.39 is 6.04 Å². The number of hydrogen-bond acceptors (Lipinski definition) is 4. The number of rotatable bonds is 3. The van der Waals surface area contributed by atoms with E-state index in [1.54, 1.807) is 30.3 Å². The number of carbonyl (C=O) groups excluding carboxylic acids is 2. The maximum Gasteiger partial charge on any atom is 0.337 e. The van der Waals surface area contributed by atoms with Crippen molar-refractivity contribution in [2.24, 2.45) is 4.99 Å². The van der Waals surface area contributed by atoms with Crippen molar-refractivity contribution in [3.63, 3.8) is 0 Å². The molecule has 1 saturated heterocycles. The van der Waals surface area contributed by atoms with Crippen LogP contribution in [-0.2, 0) is 4.79 Å². The van der Waals surface area contributed by atoms with Crippen LogP contribution in [0.15, 0.2) is 51.9 Å². The van der Waals surface area contributed by atoms with Gasteiger partial charge in [0.2, 0.25) is 0 Å². The number of benzene rings is 2. The van der Waals surface area contributed by atoms with Crippen LogP contribution in [0.2, 0.25) is 0 Å². The number of aliphatic imine (C=N–C) groups is 1. The molecule has 126 valence electrons. The van der Waals surface area contributed by atoms with Crippen LogP contribution in [0, 0.1) is 0 Å². The van der Waals surface area contributed by atoms with Gasteiger partial charge in [-0.1, -0.05) is 15.9 Å². The number of halogens is 1. The Bertz CT molecular complexity index is 895. The van der Waals surface area contributed by atoms with Crippen LogP contribution >= 0.6 is 15.9 Å². The van der Waals surface area contributed by atoms with E-state index in [2.05, 4.69) is 20.9 Å². The molecule has 2 aromatic rings. The van der Waals surface area contributed by atoms with E-state index in [9.17, 15) is 9.59 Å². The molecule has 0 bridgehead atoms. The highest BCUT2D eigenvalue weighted by Gasteiger charge is 2.48. The molecule has 2 aliphatic rings. The number of hydrogen-bond donors (Lipinski definition) is 0. The number of fused-ring (bicyclic) bond motifs is 3. The van der Waals surface area contributed by atoms with E-state index in [0.717, 1.165) is 4.47 Å². The average molecular weight is 400 g/mol. The smallest absolute Gasteiger partial charge is 0.337 e. The lowest BCUT2D eigenvalue weighted by Gasteiger charge is -2.24. The average Bonchev–Trinajstić information content (AvgIpc) is 2.87. The second-order valence-electron chi connectivity index (χ2n) is 5.61. The summed E-state index contributed by atoms with van der Waals surface area (Å²) in [5.74, 6) is 0.377. The molecule has 7 heteroatoms. The second kappa shape index (κ2) is 6.00. The minimum Gasteiger partial charge on any atom is -0.494 e. The predicted octanol–water partition coefficient (Wildman–Crippen LogP) is 3.91. The highest BCUT2D eigenvalue weighted by molar-refractivity contribution is 9.10. The summed E-state index contributed by atoms with van der Waals surface area (Å²) in [4.78, 5) is 32.7. The predicted molar refractivity (Wildman–Crippen MR) is 99.1 cm³/mol. The first-order chi connectivity index (χ1) is 12.1. The fraction of sp³-hybridized carbons (Fsp3) is 0.167. The van der Waals surface area contributed by atoms with Gasteiger partial charge in [0.25, 0.3) is 5.91 Å². The van der Waals surface area contributed by atoms with Gasteiger partial charge < -0.3 is 4.74 Å². The number of nitrogens with zero attached hydrogens (tertiary/aromatic N) is 3. The van der Waals surface area contributed by atoms with E-state index in [0.29, 0.717) is 29.4 Å². The molecule has 0 aromatic heterocycles. The summed E-state index contributed by atoms with van der Waals surface area (Å²) in [5, 5.41) is 0. The molecule has 0 radical (unpaired) electrons. The van der Waals surface area contributed by atoms with Crippen molar-refractivity contribution >= 4 is 51.1 Å². The molecule has 2 heterocycles. The highest BCUT2D eigenvalue weighted by atomic mass is 79.9. The monoisotopic (exact) mass is 399 g/mol. The maximum absolute atomic E-state index is 13.0. The first-order valence-electron chi connectivity index (χ1n) is 7.84. The lowest BCUT2D eigenvalue weighted by Crippen LogP contribution is -2.38. The van der Waals surface area contributed by atoms with Gasteiger partial charge in [0, 0.05) is 10.7 Å². The van der Waals surface area contributed by atoms with E-state index in [4.69, 9.17) is 4.74 Å². The zero-order valence-corrected chi connectivity index (χ0v) is 14.9. The number of ether oxygens (including phenoxy) is 1. The first-order valence-corrected chi connectivity index (χ1v) is 8.63. The van der Waals surface area contributed by atoms with Crippen molar-refractivity contribution < 1.29 is 14.3 Å². The topological polar surface area (TPSA) is 62.2 Å². The third-order valence-electron chi connectivity index (χ3n) is 4.11. The molecule has 25 heavy (non-hydrogen) atoms. The molecule has 1 atom stereocenters. The Morgan fingerprint density at radius 3 is 2.64 bits per heavy atom. The quantitative estimate of drug-likeness (QED) is 0.735. The molecule has 2 aliphatic heterocycles. The second-order valence-corrected chi connectivity index (χ2v) is 6.52. The van der Waals surface area contributed by atoms with Crippen LogP contribution < -0.4 is 14.5 Å². The Kier molecular flexibility index (Phi) is 3.80. The molecule has 0 aliphatic carbocycles. The third kappa shape index (κ3) is 2.51. The lowest BCUT2D eigenvalue weighted by atomic mass is 10.1. The van der Waals surface area contributed by atoms with Crippen molar-refractivity contribution in [3.8, 4) is 5.75 Å². The van der Waals surface area contributed by atoms with Gasteiger partial charge in [-0.3, -0.25) is 14.7 Å². The van der Waals surface area contributed by atoms with Crippen LogP contribution in [0.1, 0.15) is 6.92 Å². The van der Waals surface area contributed by atoms with Crippen molar-refractivity contribution in [3.05, 3.63) is 46.9 Å². The van der Waals surface area contributed by atoms with E-state index >= 15 is 0 Å². The fourth-order valence-electron chi connectivity index (χ4n) is 2.99. The number of imide groups is 1. The van der Waals surface area contributed by atoms with E-state index in [1.807, 2.05) is 19.1 Å². The summed E-state index contributed by atoms with van der Waals surface area (Å²) in [6.45, 7) is 2.45. The van der Waals surface area contributed by atoms with Gasteiger partial charge >= 0.3 is 6.03 Å². The highest BCUT2D eigenvalue weighted by Crippen LogP contribution is 2.40. The molecular formula is C18H14BrN3O3. The first kappa shape index (κ1) is 15.8. The minimum absolute atomic E-state index is 0.316. The summed E-state index contributed by atoms with van der Waals surface area (Å²) in [6, 6.07) is 11.3. The Morgan fingerprint density at radius 1 is 1.16 bits per heavy atom. The number of amides is 3. The molecule has 0 saturated carbocycles. The van der Waals surface area contributed by atoms with Crippen LogP contribution in [0.25, 0.3) is 0 Å². The van der Waals surface area contributed by atoms with Gasteiger partial charge in [-0.25, -0.2) is 9.69 Å². The molecule has 0 spiro atoms. The molecule has 3 amide bonds. The Balaban J connectivity index is 1.72. The number of carbonyl (C=O) groups is 2. The van der Waals surface area contributed by atoms with Crippen molar-refractivity contribution in [2.45, 2.75) is 13.0 Å². The zero-order chi connectivity index (χ0) is 17.6. The van der Waals surface area contributed by atoms with Gasteiger partial charge in [0.1, 0.15) is 5.75 Å². The largest absolute Gasteiger partial charge is 0.494 e. The van der Waals surface area contributed by atoms with Crippen molar-refractivity contribution in [2.75, 3.05) is 16.4 Å². The summed E-state index contributed by atoms with van der Waals surface area (Å²) >= 11 is 3.40. The summed E-state index contributed by atoms with van der Waals surface area (Å²) < 4.78 is 6.23.